The van der Waals surface area contributed by atoms with Crippen molar-refractivity contribution < 1.29 is 22.8 Å². The summed E-state index contributed by atoms with van der Waals surface area (Å²) < 4.78 is 5.20. The predicted octanol–water partition coefficient (Wildman–Crippen LogP) is 5.69. The van der Waals surface area contributed by atoms with Crippen LogP contribution in [-0.2, 0) is 13.2 Å². The molecule has 0 aliphatic heterocycles. The van der Waals surface area contributed by atoms with E-state index >= 15 is 0 Å². The second-order valence-corrected chi connectivity index (χ2v) is 14.5. The van der Waals surface area contributed by atoms with Crippen LogP contribution in [0.4, 0.5) is 21.0 Å². The second kappa shape index (κ2) is 12.9. The zero-order chi connectivity index (χ0) is 21.9. The van der Waals surface area contributed by atoms with Crippen LogP contribution in [-0.4, -0.2) is 17.7 Å². The number of carbonyl (C=O) groups is 2. The third-order valence-electron chi connectivity index (χ3n) is 3.06. The predicted molar refractivity (Wildman–Crippen MR) is 130 cm³/mol. The van der Waals surface area contributed by atoms with Crippen molar-refractivity contribution in [2.24, 2.45) is 5.73 Å². The number of nitrogens with two attached hydrogens (primary N) is 1. The molecule has 0 heterocycles. The van der Waals surface area contributed by atoms with E-state index in [0.717, 1.165) is 5.56 Å². The zero-order valence-corrected chi connectivity index (χ0v) is 21.2. The SMILES string of the molecule is CC(C)(C)OC(=O)Nc1ccc(C#Cc2ccccc2NC(N)=O)cc1.[I][Cu][I]. The molecule has 29 heavy (non-hydrogen) atoms. The van der Waals surface area contributed by atoms with Crippen molar-refractivity contribution in [3.63, 3.8) is 0 Å². The van der Waals surface area contributed by atoms with Crippen LogP contribution in [0.15, 0.2) is 48.5 Å². The quantitative estimate of drug-likeness (QED) is 0.218. The minimum absolute atomic E-state index is 0.511. The van der Waals surface area contributed by atoms with Crippen LogP contribution in [0.3, 0.4) is 0 Å². The number of hydrogen-bond donors (Lipinski definition) is 3. The average Bonchev–Trinajstić information content (AvgIpc) is 2.61. The van der Waals surface area contributed by atoms with Crippen molar-refractivity contribution in [3.8, 4) is 11.8 Å². The van der Waals surface area contributed by atoms with Crippen LogP contribution in [0.25, 0.3) is 0 Å². The van der Waals surface area contributed by atoms with Gasteiger partial charge in [0.2, 0.25) is 0 Å². The van der Waals surface area contributed by atoms with E-state index in [1.54, 1.807) is 71.7 Å². The molecule has 3 amide bonds. The van der Waals surface area contributed by atoms with Crippen LogP contribution >= 0.6 is 40.7 Å². The van der Waals surface area contributed by atoms with E-state index in [2.05, 4.69) is 63.2 Å². The van der Waals surface area contributed by atoms with E-state index < -0.39 is 17.7 Å². The van der Waals surface area contributed by atoms with Gasteiger partial charge >= 0.3 is 61.3 Å². The van der Waals surface area contributed by atoms with Crippen LogP contribution in [0.1, 0.15) is 31.9 Å². The molecule has 0 aliphatic carbocycles. The number of nitrogens with one attached hydrogen (secondary N) is 2. The summed E-state index contributed by atoms with van der Waals surface area (Å²) >= 11 is 4.36. The normalized spacial score (nSPS) is 9.97. The van der Waals surface area contributed by atoms with Gasteiger partial charge in [0.05, 0.1) is 5.69 Å². The molecule has 4 N–H and O–H groups in total. The monoisotopic (exact) mass is 668 g/mol. The number of ether oxygens (including phenoxy) is 1. The fourth-order valence-corrected chi connectivity index (χ4v) is 2.03. The Morgan fingerprint density at radius 1 is 1.00 bits per heavy atom. The van der Waals surface area contributed by atoms with Gasteiger partial charge < -0.3 is 15.8 Å². The van der Waals surface area contributed by atoms with Crippen molar-refractivity contribution in [1.29, 1.82) is 0 Å². The van der Waals surface area contributed by atoms with E-state index in [0.29, 0.717) is 16.9 Å². The van der Waals surface area contributed by atoms with Gasteiger partial charge in [0.1, 0.15) is 5.60 Å². The fraction of sp³-hybridized carbons (Fsp3) is 0.200. The number of benzene rings is 2. The number of amides is 3. The number of anilines is 2. The molecule has 2 aromatic carbocycles. The zero-order valence-electron chi connectivity index (χ0n) is 16.0. The van der Waals surface area contributed by atoms with Gasteiger partial charge in [-0.15, -0.1) is 0 Å². The molecule has 0 atom stereocenters. The summed E-state index contributed by atoms with van der Waals surface area (Å²) in [6.45, 7) is 5.41. The first-order valence-electron chi connectivity index (χ1n) is 8.23. The van der Waals surface area contributed by atoms with Crippen LogP contribution in [0.2, 0.25) is 0 Å². The first-order chi connectivity index (χ1) is 13.6. The number of carbonyl (C=O) groups excluding carboxylic acids is 2. The van der Waals surface area contributed by atoms with Crippen LogP contribution in [0.5, 0.6) is 0 Å². The van der Waals surface area contributed by atoms with Gasteiger partial charge in [-0.25, -0.2) is 9.59 Å². The maximum atomic E-state index is 11.7. The molecule has 2 rings (SSSR count). The Morgan fingerprint density at radius 3 is 2.14 bits per heavy atom. The molecule has 0 aliphatic rings. The van der Waals surface area contributed by atoms with Gasteiger partial charge in [-0.2, -0.15) is 0 Å². The summed E-state index contributed by atoms with van der Waals surface area (Å²) in [6.07, 6.45) is -0.511. The third kappa shape index (κ3) is 11.3. The number of urea groups is 1. The Kier molecular flexibility index (Phi) is 11.4. The first-order valence-corrected chi connectivity index (χ1v) is 14.3. The van der Waals surface area contributed by atoms with Gasteiger partial charge in [-0.1, -0.05) is 24.0 Å². The number of primary amides is 1. The van der Waals surface area contributed by atoms with Crippen molar-refractivity contribution in [2.75, 3.05) is 10.6 Å². The molecule has 0 radical (unpaired) electrons. The molecule has 0 bridgehead atoms. The summed E-state index contributed by atoms with van der Waals surface area (Å²) in [6, 6.07) is 13.5. The fourth-order valence-electron chi connectivity index (χ4n) is 2.03. The van der Waals surface area contributed by atoms with Crippen molar-refractivity contribution in [1.82, 2.24) is 0 Å². The maximum absolute atomic E-state index is 11.7. The van der Waals surface area contributed by atoms with E-state index in [1.165, 1.54) is 0 Å². The van der Waals surface area contributed by atoms with E-state index in [4.69, 9.17) is 10.5 Å². The number of halogens is 2. The first kappa shape index (κ1) is 25.6. The molecule has 0 unspecified atom stereocenters. The molecule has 6 nitrogen and oxygen atoms in total. The molecule has 0 saturated heterocycles. The van der Waals surface area contributed by atoms with Gasteiger partial charge in [0.15, 0.2) is 0 Å². The van der Waals surface area contributed by atoms with E-state index in [9.17, 15) is 9.59 Å². The van der Waals surface area contributed by atoms with E-state index in [-0.39, 0.29) is 0 Å². The van der Waals surface area contributed by atoms with Crippen molar-refractivity contribution >= 4 is 64.2 Å². The summed E-state index contributed by atoms with van der Waals surface area (Å²) in [5, 5.41) is 5.19. The van der Waals surface area contributed by atoms with Crippen molar-refractivity contribution in [3.05, 3.63) is 59.7 Å². The molecule has 9 heteroatoms. The van der Waals surface area contributed by atoms with Gasteiger partial charge in [-0.3, -0.25) is 5.32 Å². The minimum atomic E-state index is -0.642. The Hall–Kier alpha value is -1.48. The molecule has 0 spiro atoms. The summed E-state index contributed by atoms with van der Waals surface area (Å²) in [5.41, 5.74) is 7.17. The Balaban J connectivity index is 0.00000132. The molecule has 0 saturated carbocycles. The molecule has 2 aromatic rings. The third-order valence-corrected chi connectivity index (χ3v) is 3.06. The number of para-hydroxylation sites is 1. The van der Waals surface area contributed by atoms with Gasteiger partial charge in [0.25, 0.3) is 0 Å². The molecular weight excluding hydrogens is 648 g/mol. The molecular formula is C20H21CuI2N3O3. The Labute approximate surface area is 199 Å². The Morgan fingerprint density at radius 2 is 1.59 bits per heavy atom. The van der Waals surface area contributed by atoms with Gasteiger partial charge in [0, 0.05) is 16.8 Å². The average molecular weight is 669 g/mol. The summed E-state index contributed by atoms with van der Waals surface area (Å²) in [5.74, 6) is 6.00. The Bertz CT molecular complexity index is 888. The number of rotatable bonds is 2. The molecule has 0 fully saturated rings. The summed E-state index contributed by atoms with van der Waals surface area (Å²) in [4.78, 5) is 22.8. The van der Waals surface area contributed by atoms with E-state index in [1.807, 2.05) is 6.07 Å². The van der Waals surface area contributed by atoms with Gasteiger partial charge in [-0.05, 0) is 57.2 Å². The standard InChI is InChI=1S/C20H21N3O3.Cu.2HI/c1-20(2,3)26-19(25)22-16-12-9-14(10-13-16)8-11-15-6-4-5-7-17(15)23-18(21)24;;;/h4-7,9-10,12-13H,1-3H3,(H,22,25)(H3,21,23,24);;2*1H/q;+2;;/p-2. The second-order valence-electron chi connectivity index (χ2n) is 6.53. The van der Waals surface area contributed by atoms with Crippen molar-refractivity contribution in [2.45, 2.75) is 26.4 Å². The van der Waals surface area contributed by atoms with Crippen LogP contribution in [0, 0.1) is 11.8 Å². The number of hydrogen-bond acceptors (Lipinski definition) is 3. The van der Waals surface area contributed by atoms with Crippen LogP contribution < -0.4 is 16.4 Å². The summed E-state index contributed by atoms with van der Waals surface area (Å²) in [7, 11) is 1.75. The topological polar surface area (TPSA) is 93.4 Å². The molecule has 0 aromatic heterocycles. The molecule has 159 valence electrons.